The Morgan fingerprint density at radius 1 is 1.00 bits per heavy atom. The molecule has 2 amide bonds. The molecule has 8 rings (SSSR count). The minimum absolute atomic E-state index is 0.0425. The number of anilines is 1. The molecule has 41 heavy (non-hydrogen) atoms. The van der Waals surface area contributed by atoms with Crippen molar-refractivity contribution in [1.82, 2.24) is 14.5 Å². The number of ether oxygens (including phenoxy) is 1. The number of amides is 2. The van der Waals surface area contributed by atoms with Crippen molar-refractivity contribution in [1.29, 1.82) is 0 Å². The number of nitro groups is 1. The van der Waals surface area contributed by atoms with Crippen molar-refractivity contribution in [2.75, 3.05) is 18.6 Å². The van der Waals surface area contributed by atoms with Crippen LogP contribution in [-0.4, -0.2) is 50.9 Å². The zero-order valence-electron chi connectivity index (χ0n) is 21.9. The monoisotopic (exact) mass is 549 g/mol. The van der Waals surface area contributed by atoms with E-state index in [1.54, 1.807) is 22.8 Å². The Balaban J connectivity index is 1.42. The number of nitro benzene ring substituents is 1. The number of non-ortho nitro benzene ring substituents is 1. The van der Waals surface area contributed by atoms with E-state index >= 15 is 0 Å². The third kappa shape index (κ3) is 2.76. The van der Waals surface area contributed by atoms with Gasteiger partial charge in [-0.15, -0.1) is 0 Å². The van der Waals surface area contributed by atoms with Crippen LogP contribution >= 0.6 is 0 Å². The number of carbonyl (C=O) groups excluding carboxylic acids is 2. The smallest absolute Gasteiger partial charge is 0.271 e. The molecule has 4 atom stereocenters. The Morgan fingerprint density at radius 3 is 2.59 bits per heavy atom. The SMILES string of the molecule is COc1ccc([N+](=O)[O-])cc1N1C(=O)[C@H]2[C@H]3CCCN3[C@]3(c4ccccc4-n4c3nc3ccccc3c4=O)[C@H]2C1=O. The summed E-state index contributed by atoms with van der Waals surface area (Å²) in [6.07, 6.45) is 1.51. The quantitative estimate of drug-likeness (QED) is 0.217. The van der Waals surface area contributed by atoms with Crippen LogP contribution in [0.3, 0.4) is 0 Å². The molecule has 0 aliphatic carbocycles. The maximum atomic E-state index is 14.6. The number of rotatable bonds is 3. The van der Waals surface area contributed by atoms with Crippen LogP contribution in [-0.2, 0) is 15.1 Å². The van der Waals surface area contributed by atoms with Crippen LogP contribution in [0.15, 0.2) is 71.5 Å². The van der Waals surface area contributed by atoms with E-state index < -0.39 is 34.1 Å². The molecule has 11 nitrogen and oxygen atoms in total. The summed E-state index contributed by atoms with van der Waals surface area (Å²) in [5.74, 6) is -1.92. The number of para-hydroxylation sites is 2. The number of carbonyl (C=O) groups is 2. The topological polar surface area (TPSA) is 128 Å². The van der Waals surface area contributed by atoms with Gasteiger partial charge >= 0.3 is 0 Å². The van der Waals surface area contributed by atoms with Gasteiger partial charge in [0, 0.05) is 23.7 Å². The van der Waals surface area contributed by atoms with Gasteiger partial charge < -0.3 is 4.74 Å². The lowest BCUT2D eigenvalue weighted by atomic mass is 9.75. The van der Waals surface area contributed by atoms with E-state index in [1.165, 1.54) is 25.3 Å². The number of imide groups is 1. The maximum absolute atomic E-state index is 14.6. The first-order chi connectivity index (χ1) is 19.9. The number of fused-ring (bicyclic) bond motifs is 11. The first-order valence-corrected chi connectivity index (χ1v) is 13.5. The van der Waals surface area contributed by atoms with Gasteiger partial charge in [-0.05, 0) is 43.7 Å². The highest BCUT2D eigenvalue weighted by atomic mass is 16.6. The average molecular weight is 550 g/mol. The van der Waals surface area contributed by atoms with E-state index in [1.807, 2.05) is 30.3 Å². The van der Waals surface area contributed by atoms with Crippen LogP contribution in [0.1, 0.15) is 24.2 Å². The first-order valence-electron chi connectivity index (χ1n) is 13.5. The van der Waals surface area contributed by atoms with Crippen molar-refractivity contribution in [2.24, 2.45) is 11.8 Å². The normalized spacial score (nSPS) is 26.0. The maximum Gasteiger partial charge on any atom is 0.271 e. The van der Waals surface area contributed by atoms with Gasteiger partial charge in [0.25, 0.3) is 11.2 Å². The van der Waals surface area contributed by atoms with Gasteiger partial charge in [-0.3, -0.25) is 34.0 Å². The standard InChI is InChI=1S/C30H23N5O6/c1-41-23-13-12-16(35(39)40)15-22(23)33-27(37)24-21-11-6-14-32(21)30(25(24)28(33)38)18-8-3-5-10-20(18)34-26(36)17-7-2-4-9-19(17)31-29(30)34/h2-5,7-10,12-13,15,21,24-25H,6,11,14H2,1H3/t21-,24+,25-,30-/m1/s1. The lowest BCUT2D eigenvalue weighted by Gasteiger charge is -2.38. The minimum atomic E-state index is -1.17. The second-order valence-electron chi connectivity index (χ2n) is 10.9. The fourth-order valence-electron chi connectivity index (χ4n) is 7.82. The molecule has 0 N–H and O–H groups in total. The van der Waals surface area contributed by atoms with Gasteiger partial charge in [0.1, 0.15) is 22.8 Å². The summed E-state index contributed by atoms with van der Waals surface area (Å²) in [4.78, 5) is 62.3. The van der Waals surface area contributed by atoms with E-state index in [-0.39, 0.29) is 28.7 Å². The zero-order valence-corrected chi connectivity index (χ0v) is 21.9. The van der Waals surface area contributed by atoms with Crippen LogP contribution in [0.5, 0.6) is 5.75 Å². The molecule has 1 aromatic heterocycles. The van der Waals surface area contributed by atoms with Crippen LogP contribution in [0.4, 0.5) is 11.4 Å². The number of nitrogens with zero attached hydrogens (tertiary/aromatic N) is 5. The van der Waals surface area contributed by atoms with Crippen LogP contribution in [0, 0.1) is 22.0 Å². The summed E-state index contributed by atoms with van der Waals surface area (Å²) in [6, 6.07) is 18.2. The molecule has 4 aromatic rings. The molecule has 0 unspecified atom stereocenters. The second kappa shape index (κ2) is 8.07. The van der Waals surface area contributed by atoms with Crippen molar-refractivity contribution in [2.45, 2.75) is 24.4 Å². The minimum Gasteiger partial charge on any atom is -0.495 e. The zero-order chi connectivity index (χ0) is 28.2. The summed E-state index contributed by atoms with van der Waals surface area (Å²) in [6.45, 7) is 0.634. The fourth-order valence-corrected chi connectivity index (χ4v) is 7.82. The largest absolute Gasteiger partial charge is 0.495 e. The van der Waals surface area contributed by atoms with E-state index in [2.05, 4.69) is 4.90 Å². The van der Waals surface area contributed by atoms with Gasteiger partial charge in [-0.2, -0.15) is 0 Å². The third-order valence-electron chi connectivity index (χ3n) is 9.25. The van der Waals surface area contributed by atoms with E-state index in [0.717, 1.165) is 16.9 Å². The molecular formula is C30H23N5O6. The molecule has 3 saturated heterocycles. The Hall–Kier alpha value is -4.90. The molecule has 0 bridgehead atoms. The molecule has 11 heteroatoms. The Labute approximate surface area is 232 Å². The third-order valence-corrected chi connectivity index (χ3v) is 9.25. The fraction of sp³-hybridized carbons (Fsp3) is 0.267. The Morgan fingerprint density at radius 2 is 1.78 bits per heavy atom. The highest BCUT2D eigenvalue weighted by Gasteiger charge is 2.74. The van der Waals surface area contributed by atoms with Gasteiger partial charge in [0.05, 0.1) is 40.5 Å². The number of benzene rings is 3. The lowest BCUT2D eigenvalue weighted by molar-refractivity contribution is -0.384. The molecule has 0 saturated carbocycles. The Kier molecular flexibility index (Phi) is 4.71. The summed E-state index contributed by atoms with van der Waals surface area (Å²) < 4.78 is 7.06. The van der Waals surface area contributed by atoms with Gasteiger partial charge in [0.2, 0.25) is 11.8 Å². The highest BCUT2D eigenvalue weighted by Crippen LogP contribution is 2.62. The number of hydrogen-bond acceptors (Lipinski definition) is 8. The molecule has 204 valence electrons. The summed E-state index contributed by atoms with van der Waals surface area (Å²) in [5.41, 5.74) is 0.304. The molecule has 4 aliphatic rings. The first kappa shape index (κ1) is 23.9. The van der Waals surface area contributed by atoms with Gasteiger partial charge in [-0.1, -0.05) is 30.3 Å². The predicted molar refractivity (Wildman–Crippen MR) is 147 cm³/mol. The summed E-state index contributed by atoms with van der Waals surface area (Å²) in [5, 5.41) is 12.1. The molecular weight excluding hydrogens is 526 g/mol. The van der Waals surface area contributed by atoms with Crippen molar-refractivity contribution < 1.29 is 19.2 Å². The molecule has 1 spiro atoms. The lowest BCUT2D eigenvalue weighted by Crippen LogP contribution is -2.51. The van der Waals surface area contributed by atoms with Crippen LogP contribution < -0.4 is 15.2 Å². The average Bonchev–Trinajstić information content (AvgIpc) is 3.70. The van der Waals surface area contributed by atoms with Crippen molar-refractivity contribution in [3.8, 4) is 11.4 Å². The molecule has 5 heterocycles. The van der Waals surface area contributed by atoms with Crippen molar-refractivity contribution >= 4 is 34.1 Å². The summed E-state index contributed by atoms with van der Waals surface area (Å²) >= 11 is 0. The second-order valence-corrected chi connectivity index (χ2v) is 10.9. The summed E-state index contributed by atoms with van der Waals surface area (Å²) in [7, 11) is 1.39. The Bertz CT molecular complexity index is 1920. The van der Waals surface area contributed by atoms with Gasteiger partial charge in [0.15, 0.2) is 0 Å². The molecule has 0 radical (unpaired) electrons. The van der Waals surface area contributed by atoms with Crippen molar-refractivity contribution in [3.63, 3.8) is 0 Å². The van der Waals surface area contributed by atoms with Crippen molar-refractivity contribution in [3.05, 3.63) is 98.6 Å². The number of methoxy groups -OCH3 is 1. The molecule has 3 fully saturated rings. The van der Waals surface area contributed by atoms with Crippen LogP contribution in [0.2, 0.25) is 0 Å². The van der Waals surface area contributed by atoms with E-state index in [9.17, 15) is 24.5 Å². The molecule has 4 aliphatic heterocycles. The predicted octanol–water partition coefficient (Wildman–Crippen LogP) is 3.14. The highest BCUT2D eigenvalue weighted by molar-refractivity contribution is 6.24. The van der Waals surface area contributed by atoms with Crippen LogP contribution in [0.25, 0.3) is 16.6 Å². The number of aromatic nitrogens is 2. The van der Waals surface area contributed by atoms with E-state index in [4.69, 9.17) is 9.72 Å². The van der Waals surface area contributed by atoms with Gasteiger partial charge in [-0.25, -0.2) is 9.88 Å². The molecule has 3 aromatic carbocycles. The van der Waals surface area contributed by atoms with E-state index in [0.29, 0.717) is 35.4 Å². The number of hydrogen-bond donors (Lipinski definition) is 0.